The molecule has 70 heavy (non-hydrogen) atoms. The van der Waals surface area contributed by atoms with Gasteiger partial charge in [-0.05, 0) is 106 Å². The van der Waals surface area contributed by atoms with E-state index in [1.165, 1.54) is 14.2 Å². The molecule has 0 spiro atoms. The van der Waals surface area contributed by atoms with Crippen LogP contribution in [0.3, 0.4) is 0 Å². The lowest BCUT2D eigenvalue weighted by molar-refractivity contribution is 0.0228. The van der Waals surface area contributed by atoms with E-state index in [1.807, 2.05) is 0 Å². The molecule has 1 fully saturated rings. The second-order valence-electron chi connectivity index (χ2n) is 17.0. The fourth-order valence-electron chi connectivity index (χ4n) is 6.75. The fourth-order valence-corrected chi connectivity index (χ4v) is 7.71. The number of methoxy groups -OCH3 is 2. The predicted octanol–water partition coefficient (Wildman–Crippen LogP) is 4.72. The number of amides is 1. The fraction of sp³-hybridized carbons (Fsp3) is 0.408. The van der Waals surface area contributed by atoms with Gasteiger partial charge in [-0.15, -0.1) is 0 Å². The highest BCUT2D eigenvalue weighted by Gasteiger charge is 2.26. The SMILES string of the molecule is COC(=O)c1cc(C#Cc2ccc(OCCCS(=O)(=O)O)cc2)cc(CN2CCN(Cc3cc(C#Cc4ccc(OCCCS(=O)(=O)O)cc4)cc(C(=O)OC)n3)CCN(C(=O)OC(C)(C)C)CC2)n1. The Bertz CT molecular complexity index is 2630. The van der Waals surface area contributed by atoms with Crippen LogP contribution in [0.25, 0.3) is 0 Å². The number of rotatable bonds is 16. The molecule has 0 saturated carbocycles. The number of nitrogens with zero attached hydrogens (tertiary/aromatic N) is 5. The van der Waals surface area contributed by atoms with Crippen LogP contribution in [-0.4, -0.2) is 152 Å². The largest absolute Gasteiger partial charge is 0.494 e. The van der Waals surface area contributed by atoms with Crippen molar-refractivity contribution in [2.45, 2.75) is 52.3 Å². The molecule has 19 nitrogen and oxygen atoms in total. The molecule has 0 bridgehead atoms. The van der Waals surface area contributed by atoms with Crippen molar-refractivity contribution in [1.29, 1.82) is 0 Å². The molecule has 0 unspecified atom stereocenters. The first-order valence-electron chi connectivity index (χ1n) is 22.1. The van der Waals surface area contributed by atoms with Crippen molar-refractivity contribution in [1.82, 2.24) is 24.7 Å². The molecular weight excluding hydrogens is 947 g/mol. The van der Waals surface area contributed by atoms with Crippen LogP contribution in [-0.2, 0) is 47.5 Å². The summed E-state index contributed by atoms with van der Waals surface area (Å²) in [6.07, 6.45) is -0.227. The Labute approximate surface area is 408 Å². The lowest BCUT2D eigenvalue weighted by Gasteiger charge is -2.29. The zero-order valence-corrected chi connectivity index (χ0v) is 41.3. The van der Waals surface area contributed by atoms with E-state index < -0.39 is 55.4 Å². The highest BCUT2D eigenvalue weighted by atomic mass is 32.2. The molecule has 374 valence electrons. The topological polar surface area (TPSA) is 242 Å². The molecule has 1 saturated heterocycles. The minimum absolute atomic E-state index is 0.0622. The van der Waals surface area contributed by atoms with Crippen molar-refractivity contribution in [3.63, 3.8) is 0 Å². The molecule has 0 aliphatic carbocycles. The van der Waals surface area contributed by atoms with Gasteiger partial charge in [0.25, 0.3) is 20.2 Å². The molecule has 3 heterocycles. The number of hydrogen-bond donors (Lipinski definition) is 2. The Hall–Kier alpha value is -6.59. The summed E-state index contributed by atoms with van der Waals surface area (Å²) >= 11 is 0. The number of pyridine rings is 2. The molecule has 1 aliphatic heterocycles. The number of aromatic nitrogens is 2. The summed E-state index contributed by atoms with van der Waals surface area (Å²) < 4.78 is 88.8. The molecule has 21 heteroatoms. The van der Waals surface area contributed by atoms with Crippen LogP contribution in [0.15, 0.2) is 72.8 Å². The predicted molar refractivity (Wildman–Crippen MR) is 257 cm³/mol. The van der Waals surface area contributed by atoms with Gasteiger partial charge in [0.2, 0.25) is 0 Å². The number of esters is 2. The minimum atomic E-state index is -4.07. The van der Waals surface area contributed by atoms with Crippen LogP contribution in [0.4, 0.5) is 4.79 Å². The van der Waals surface area contributed by atoms with Gasteiger partial charge in [0.05, 0.1) is 50.3 Å². The van der Waals surface area contributed by atoms with Crippen molar-refractivity contribution in [3.8, 4) is 35.2 Å². The first-order chi connectivity index (χ1) is 33.1. The Morgan fingerprint density at radius 3 is 1.31 bits per heavy atom. The van der Waals surface area contributed by atoms with Gasteiger partial charge in [-0.2, -0.15) is 16.8 Å². The number of carbonyl (C=O) groups excluding carboxylic acids is 3. The summed E-state index contributed by atoms with van der Waals surface area (Å²) in [7, 11) is -5.62. The highest BCUT2D eigenvalue weighted by Crippen LogP contribution is 2.18. The number of hydrogen-bond acceptors (Lipinski definition) is 16. The molecule has 2 aromatic carbocycles. The number of carbonyl (C=O) groups is 3. The normalized spacial score (nSPS) is 13.8. The van der Waals surface area contributed by atoms with Crippen LogP contribution < -0.4 is 9.47 Å². The molecule has 0 atom stereocenters. The van der Waals surface area contributed by atoms with E-state index in [-0.39, 0.29) is 50.5 Å². The molecule has 1 aliphatic rings. The summed E-state index contributed by atoms with van der Waals surface area (Å²) in [5, 5.41) is 0. The molecule has 4 aromatic rings. The van der Waals surface area contributed by atoms with Gasteiger partial charge in [-0.25, -0.2) is 24.4 Å². The Morgan fingerprint density at radius 1 is 0.586 bits per heavy atom. The van der Waals surface area contributed by atoms with Gasteiger partial charge in [-0.3, -0.25) is 18.9 Å². The van der Waals surface area contributed by atoms with E-state index in [0.29, 0.717) is 84.4 Å². The zero-order chi connectivity index (χ0) is 50.9. The van der Waals surface area contributed by atoms with Gasteiger partial charge in [0.15, 0.2) is 0 Å². The second-order valence-corrected chi connectivity index (χ2v) is 20.1. The maximum absolute atomic E-state index is 13.6. The van der Waals surface area contributed by atoms with Gasteiger partial charge in [0, 0.05) is 74.6 Å². The lowest BCUT2D eigenvalue weighted by Crippen LogP contribution is -2.42. The monoisotopic (exact) mass is 1000 g/mol. The van der Waals surface area contributed by atoms with Crippen molar-refractivity contribution in [2.75, 3.05) is 78.2 Å². The zero-order valence-electron chi connectivity index (χ0n) is 39.7. The summed E-state index contributed by atoms with van der Waals surface area (Å²) in [5.41, 5.74) is 2.74. The Morgan fingerprint density at radius 2 is 0.957 bits per heavy atom. The summed E-state index contributed by atoms with van der Waals surface area (Å²) in [6.45, 7) is 8.65. The number of ether oxygens (including phenoxy) is 5. The van der Waals surface area contributed by atoms with E-state index in [0.717, 1.165) is 0 Å². The van der Waals surface area contributed by atoms with E-state index in [2.05, 4.69) is 43.4 Å². The van der Waals surface area contributed by atoms with E-state index in [9.17, 15) is 31.2 Å². The third-order valence-corrected chi connectivity index (χ3v) is 11.7. The van der Waals surface area contributed by atoms with Crippen molar-refractivity contribution in [3.05, 3.63) is 118 Å². The van der Waals surface area contributed by atoms with E-state index in [4.69, 9.17) is 32.8 Å². The summed E-state index contributed by atoms with van der Waals surface area (Å²) in [6, 6.07) is 20.3. The minimum Gasteiger partial charge on any atom is -0.494 e. The molecule has 1 amide bonds. The molecule has 5 rings (SSSR count). The van der Waals surface area contributed by atoms with Crippen molar-refractivity contribution < 1.29 is 64.0 Å². The van der Waals surface area contributed by atoms with Crippen LogP contribution >= 0.6 is 0 Å². The Kier molecular flexibility index (Phi) is 19.7. The van der Waals surface area contributed by atoms with E-state index in [1.54, 1.807) is 98.5 Å². The smallest absolute Gasteiger partial charge is 0.410 e. The molecular formula is C49H57N5O14S2. The van der Waals surface area contributed by atoms with Crippen LogP contribution in [0.2, 0.25) is 0 Å². The highest BCUT2D eigenvalue weighted by molar-refractivity contribution is 7.86. The number of benzene rings is 2. The van der Waals surface area contributed by atoms with Gasteiger partial charge < -0.3 is 28.6 Å². The van der Waals surface area contributed by atoms with Gasteiger partial charge in [-0.1, -0.05) is 23.7 Å². The molecule has 2 aromatic heterocycles. The van der Waals surface area contributed by atoms with Crippen LogP contribution in [0, 0.1) is 23.7 Å². The van der Waals surface area contributed by atoms with Crippen molar-refractivity contribution in [2.24, 2.45) is 0 Å². The first-order valence-corrected chi connectivity index (χ1v) is 25.4. The first kappa shape index (κ1) is 54.4. The maximum atomic E-state index is 13.6. The Balaban J connectivity index is 1.36. The van der Waals surface area contributed by atoms with Crippen LogP contribution in [0.1, 0.15) is 88.2 Å². The second kappa shape index (κ2) is 25.3. The van der Waals surface area contributed by atoms with E-state index >= 15 is 0 Å². The van der Waals surface area contributed by atoms with Crippen LogP contribution in [0.5, 0.6) is 11.5 Å². The molecule has 0 radical (unpaired) electrons. The standard InChI is InChI=1S/C49H57N5O14S2/c1-49(2,3)68-48(57)54-24-22-52(34-40-30-38(32-44(50-40)46(55)64-4)10-8-36-12-16-42(17-13-36)66-26-6-28-69(58,59)60)20-21-53(23-25-54)35-41-31-39(33-45(51-41)47(56)65-5)11-9-37-14-18-43(19-15-37)67-27-7-29-70(61,62)63/h12-19,30-33H,6-7,20-29,34-35H2,1-5H3,(H,58,59,60)(H,61,62,63). The van der Waals surface area contributed by atoms with Crippen molar-refractivity contribution >= 4 is 38.3 Å². The van der Waals surface area contributed by atoms with Gasteiger partial charge >= 0.3 is 18.0 Å². The third kappa shape index (κ3) is 19.4. The average molecular weight is 1000 g/mol. The van der Waals surface area contributed by atoms with Gasteiger partial charge in [0.1, 0.15) is 28.5 Å². The lowest BCUT2D eigenvalue weighted by atomic mass is 10.1. The average Bonchev–Trinajstić information content (AvgIpc) is 3.40. The summed E-state index contributed by atoms with van der Waals surface area (Å²) in [4.78, 5) is 54.3. The summed E-state index contributed by atoms with van der Waals surface area (Å²) in [5.74, 6) is 11.3. The third-order valence-electron chi connectivity index (χ3n) is 10.1. The molecule has 2 N–H and O–H groups in total. The maximum Gasteiger partial charge on any atom is 0.410 e. The quantitative estimate of drug-likeness (QED) is 0.0507.